The standard InChI is InChI=1S/C13H19F2NO/c1-13(2,16(3)4)12(17)8-9-5-6-10(14)11(15)7-9/h5-7,12,17H,8H2,1-4H3. The van der Waals surface area contributed by atoms with Crippen molar-refractivity contribution in [2.75, 3.05) is 14.1 Å². The molecule has 0 aliphatic heterocycles. The topological polar surface area (TPSA) is 23.5 Å². The van der Waals surface area contributed by atoms with Gasteiger partial charge >= 0.3 is 0 Å². The van der Waals surface area contributed by atoms with Crippen molar-refractivity contribution < 1.29 is 13.9 Å². The van der Waals surface area contributed by atoms with E-state index < -0.39 is 23.3 Å². The van der Waals surface area contributed by atoms with Crippen molar-refractivity contribution in [2.24, 2.45) is 0 Å². The molecule has 0 aliphatic rings. The molecule has 0 fully saturated rings. The van der Waals surface area contributed by atoms with Crippen LogP contribution < -0.4 is 0 Å². The first-order valence-corrected chi connectivity index (χ1v) is 5.54. The third-order valence-corrected chi connectivity index (χ3v) is 3.38. The van der Waals surface area contributed by atoms with Crippen molar-refractivity contribution in [2.45, 2.75) is 31.9 Å². The van der Waals surface area contributed by atoms with Gasteiger partial charge in [0.25, 0.3) is 0 Å². The van der Waals surface area contributed by atoms with Gasteiger partial charge in [-0.05, 0) is 45.6 Å². The normalized spacial score (nSPS) is 14.1. The summed E-state index contributed by atoms with van der Waals surface area (Å²) in [6.07, 6.45) is -0.357. The Bertz CT molecular complexity index is 391. The minimum absolute atomic E-state index is 0.294. The van der Waals surface area contributed by atoms with E-state index in [0.29, 0.717) is 12.0 Å². The molecule has 1 N–H and O–H groups in total. The van der Waals surface area contributed by atoms with Crippen LogP contribution in [0.15, 0.2) is 18.2 Å². The van der Waals surface area contributed by atoms with Gasteiger partial charge in [-0.3, -0.25) is 0 Å². The van der Waals surface area contributed by atoms with Crippen molar-refractivity contribution in [3.8, 4) is 0 Å². The summed E-state index contributed by atoms with van der Waals surface area (Å²) in [6.45, 7) is 3.80. The van der Waals surface area contributed by atoms with Crippen LogP contribution in [0.2, 0.25) is 0 Å². The minimum atomic E-state index is -0.877. The van der Waals surface area contributed by atoms with E-state index in [1.807, 2.05) is 32.8 Å². The second kappa shape index (κ2) is 5.10. The molecule has 1 rings (SSSR count). The van der Waals surface area contributed by atoms with Gasteiger partial charge in [-0.1, -0.05) is 6.07 Å². The zero-order valence-electron chi connectivity index (χ0n) is 10.7. The van der Waals surface area contributed by atoms with E-state index in [0.717, 1.165) is 12.1 Å². The van der Waals surface area contributed by atoms with Crippen molar-refractivity contribution >= 4 is 0 Å². The summed E-state index contributed by atoms with van der Waals surface area (Å²) in [7, 11) is 3.74. The summed E-state index contributed by atoms with van der Waals surface area (Å²) in [5.41, 5.74) is 0.163. The summed E-state index contributed by atoms with van der Waals surface area (Å²) in [5, 5.41) is 10.1. The fourth-order valence-electron chi connectivity index (χ4n) is 1.44. The Balaban J connectivity index is 2.81. The zero-order chi connectivity index (χ0) is 13.2. The lowest BCUT2D eigenvalue weighted by atomic mass is 9.91. The monoisotopic (exact) mass is 243 g/mol. The molecule has 0 saturated carbocycles. The fourth-order valence-corrected chi connectivity index (χ4v) is 1.44. The number of halogens is 2. The van der Waals surface area contributed by atoms with E-state index in [1.165, 1.54) is 6.07 Å². The molecule has 0 radical (unpaired) electrons. The molecule has 0 saturated heterocycles. The Morgan fingerprint density at radius 3 is 2.29 bits per heavy atom. The van der Waals surface area contributed by atoms with E-state index in [2.05, 4.69) is 0 Å². The van der Waals surface area contributed by atoms with Crippen LogP contribution in [-0.4, -0.2) is 35.7 Å². The van der Waals surface area contributed by atoms with Gasteiger partial charge in [-0.15, -0.1) is 0 Å². The van der Waals surface area contributed by atoms with Crippen molar-refractivity contribution in [1.82, 2.24) is 4.90 Å². The van der Waals surface area contributed by atoms with Gasteiger partial charge < -0.3 is 10.0 Å². The Morgan fingerprint density at radius 2 is 1.82 bits per heavy atom. The number of aliphatic hydroxyl groups is 1. The van der Waals surface area contributed by atoms with Crippen LogP contribution in [0.3, 0.4) is 0 Å². The molecule has 2 nitrogen and oxygen atoms in total. The Kier molecular flexibility index (Phi) is 4.22. The first-order chi connectivity index (χ1) is 7.75. The number of rotatable bonds is 4. The molecule has 1 aromatic carbocycles. The van der Waals surface area contributed by atoms with Crippen molar-refractivity contribution in [3.05, 3.63) is 35.4 Å². The Hall–Kier alpha value is -1.00. The summed E-state index contributed by atoms with van der Waals surface area (Å²) < 4.78 is 25.8. The molecular formula is C13H19F2NO. The molecule has 0 aromatic heterocycles. The third kappa shape index (κ3) is 3.23. The highest BCUT2D eigenvalue weighted by Crippen LogP contribution is 2.20. The van der Waals surface area contributed by atoms with Gasteiger partial charge in [0.05, 0.1) is 6.10 Å². The maximum Gasteiger partial charge on any atom is 0.159 e. The van der Waals surface area contributed by atoms with E-state index in [9.17, 15) is 13.9 Å². The van der Waals surface area contributed by atoms with Crippen LogP contribution in [0.4, 0.5) is 8.78 Å². The Morgan fingerprint density at radius 1 is 1.24 bits per heavy atom. The highest BCUT2D eigenvalue weighted by Gasteiger charge is 2.30. The van der Waals surface area contributed by atoms with Crippen LogP contribution in [0, 0.1) is 11.6 Å². The summed E-state index contributed by atoms with van der Waals surface area (Å²) >= 11 is 0. The predicted octanol–water partition coefficient (Wildman–Crippen LogP) is 2.21. The molecule has 1 atom stereocenters. The lowest BCUT2D eigenvalue weighted by Gasteiger charge is -2.37. The minimum Gasteiger partial charge on any atom is -0.391 e. The first-order valence-electron chi connectivity index (χ1n) is 5.54. The van der Waals surface area contributed by atoms with E-state index in [-0.39, 0.29) is 0 Å². The van der Waals surface area contributed by atoms with Gasteiger partial charge in [-0.25, -0.2) is 8.78 Å². The molecule has 0 spiro atoms. The lowest BCUT2D eigenvalue weighted by molar-refractivity contribution is 0.0182. The first kappa shape index (κ1) is 14.1. The van der Waals surface area contributed by atoms with E-state index >= 15 is 0 Å². The molecule has 0 amide bonds. The molecule has 0 aliphatic carbocycles. The predicted molar refractivity (Wildman–Crippen MR) is 63.8 cm³/mol. The van der Waals surface area contributed by atoms with Gasteiger partial charge in [0.15, 0.2) is 11.6 Å². The van der Waals surface area contributed by atoms with Crippen LogP contribution in [-0.2, 0) is 6.42 Å². The van der Waals surface area contributed by atoms with Gasteiger partial charge in [0.1, 0.15) is 0 Å². The van der Waals surface area contributed by atoms with Crippen molar-refractivity contribution in [1.29, 1.82) is 0 Å². The summed E-state index contributed by atoms with van der Waals surface area (Å²) in [4.78, 5) is 1.90. The second-order valence-corrected chi connectivity index (χ2v) is 5.02. The zero-order valence-corrected chi connectivity index (χ0v) is 10.7. The molecule has 0 heterocycles. The van der Waals surface area contributed by atoms with E-state index in [1.54, 1.807) is 0 Å². The van der Waals surface area contributed by atoms with Crippen LogP contribution >= 0.6 is 0 Å². The average molecular weight is 243 g/mol. The number of nitrogens with zero attached hydrogens (tertiary/aromatic N) is 1. The second-order valence-electron chi connectivity index (χ2n) is 5.02. The highest BCUT2D eigenvalue weighted by atomic mass is 19.2. The number of hydrogen-bond acceptors (Lipinski definition) is 2. The molecule has 4 heteroatoms. The maximum atomic E-state index is 13.0. The number of aliphatic hydroxyl groups excluding tert-OH is 1. The maximum absolute atomic E-state index is 13.0. The van der Waals surface area contributed by atoms with Gasteiger partial charge in [-0.2, -0.15) is 0 Å². The van der Waals surface area contributed by atoms with E-state index in [4.69, 9.17) is 0 Å². The molecule has 17 heavy (non-hydrogen) atoms. The molecule has 96 valence electrons. The van der Waals surface area contributed by atoms with Gasteiger partial charge in [0.2, 0.25) is 0 Å². The summed E-state index contributed by atoms with van der Waals surface area (Å²) in [5.74, 6) is -1.74. The smallest absolute Gasteiger partial charge is 0.159 e. The number of hydrogen-bond donors (Lipinski definition) is 1. The lowest BCUT2D eigenvalue weighted by Crippen LogP contribution is -2.49. The Labute approximate surface area is 101 Å². The van der Waals surface area contributed by atoms with Crippen LogP contribution in [0.1, 0.15) is 19.4 Å². The molecular weight excluding hydrogens is 224 g/mol. The summed E-state index contributed by atoms with van der Waals surface area (Å²) in [6, 6.07) is 3.71. The SMILES string of the molecule is CN(C)C(C)(C)C(O)Cc1ccc(F)c(F)c1. The van der Waals surface area contributed by atoms with Crippen LogP contribution in [0.5, 0.6) is 0 Å². The van der Waals surface area contributed by atoms with Crippen molar-refractivity contribution in [3.63, 3.8) is 0 Å². The number of likely N-dealkylation sites (N-methyl/N-ethyl adjacent to an activating group) is 1. The fraction of sp³-hybridized carbons (Fsp3) is 0.538. The highest BCUT2D eigenvalue weighted by molar-refractivity contribution is 5.19. The average Bonchev–Trinajstić information content (AvgIpc) is 2.23. The molecule has 0 bridgehead atoms. The quantitative estimate of drug-likeness (QED) is 0.876. The van der Waals surface area contributed by atoms with Gasteiger partial charge in [0, 0.05) is 12.0 Å². The molecule has 1 aromatic rings. The number of benzene rings is 1. The largest absolute Gasteiger partial charge is 0.391 e. The third-order valence-electron chi connectivity index (χ3n) is 3.38. The van der Waals surface area contributed by atoms with Crippen LogP contribution in [0.25, 0.3) is 0 Å². The molecule has 1 unspecified atom stereocenters.